The molecule has 2 aromatic heterocycles. The maximum atomic E-state index is 12.7. The van der Waals surface area contributed by atoms with Crippen molar-refractivity contribution in [2.45, 2.75) is 49.4 Å². The first kappa shape index (κ1) is 23.6. The molecule has 3 aromatic rings. The summed E-state index contributed by atoms with van der Waals surface area (Å²) < 4.78 is 68.9. The lowest BCUT2D eigenvalue weighted by atomic mass is 10.1. The van der Waals surface area contributed by atoms with E-state index in [0.717, 1.165) is 66.1 Å². The van der Waals surface area contributed by atoms with E-state index in [1.165, 1.54) is 11.9 Å². The largest absolute Gasteiger partial charge is 0.573 e. The van der Waals surface area contributed by atoms with Crippen molar-refractivity contribution < 1.29 is 26.3 Å². The highest BCUT2D eigenvalue weighted by Gasteiger charge is 2.31. The number of fused-ring (bicyclic) bond motifs is 1. The van der Waals surface area contributed by atoms with Crippen LogP contribution in [0.4, 0.5) is 19.0 Å². The van der Waals surface area contributed by atoms with Crippen LogP contribution in [-0.4, -0.2) is 48.9 Å². The van der Waals surface area contributed by atoms with Gasteiger partial charge >= 0.3 is 6.36 Å². The highest BCUT2D eigenvalue weighted by molar-refractivity contribution is 7.89. The van der Waals surface area contributed by atoms with Gasteiger partial charge in [-0.3, -0.25) is 0 Å². The summed E-state index contributed by atoms with van der Waals surface area (Å²) in [4.78, 5) is 14.3. The number of allylic oxidation sites excluding steroid dienone is 2. The molecule has 8 nitrogen and oxygen atoms in total. The van der Waals surface area contributed by atoms with E-state index in [2.05, 4.69) is 41.5 Å². The molecule has 2 N–H and O–H groups in total. The molecule has 0 saturated carbocycles. The highest BCUT2D eigenvalue weighted by atomic mass is 32.2. The Labute approximate surface area is 200 Å². The Hall–Kier alpha value is -3.12. The van der Waals surface area contributed by atoms with Gasteiger partial charge in [-0.2, -0.15) is 0 Å². The lowest BCUT2D eigenvalue weighted by Gasteiger charge is -2.33. The van der Waals surface area contributed by atoms with Crippen LogP contribution in [0.5, 0.6) is 5.75 Å². The van der Waals surface area contributed by atoms with Crippen LogP contribution in [0.2, 0.25) is 0 Å². The van der Waals surface area contributed by atoms with Gasteiger partial charge in [-0.1, -0.05) is 6.08 Å². The molecule has 0 amide bonds. The molecule has 0 unspecified atom stereocenters. The zero-order chi connectivity index (χ0) is 24.6. The average Bonchev–Trinajstić information content (AvgIpc) is 3.48. The molecule has 35 heavy (non-hydrogen) atoms. The van der Waals surface area contributed by atoms with Crippen LogP contribution in [0.15, 0.2) is 47.6 Å². The van der Waals surface area contributed by atoms with Gasteiger partial charge in [-0.05, 0) is 68.0 Å². The number of nitrogens with zero attached hydrogens (tertiary/aromatic N) is 3. The minimum atomic E-state index is -4.84. The number of benzene rings is 1. The first-order valence-corrected chi connectivity index (χ1v) is 12.8. The van der Waals surface area contributed by atoms with Gasteiger partial charge in [0.25, 0.3) is 0 Å². The van der Waals surface area contributed by atoms with Crippen molar-refractivity contribution in [3.8, 4) is 5.75 Å². The molecule has 0 radical (unpaired) electrons. The SMILES string of the molecule is O=S(=O)(NC1CCN(c2ncnc3[nH]c(C4=CCCC4)cc23)CC1)c1ccc(OC(F)(F)F)cc1. The minimum Gasteiger partial charge on any atom is -0.406 e. The molecule has 1 saturated heterocycles. The Bertz CT molecular complexity index is 1340. The van der Waals surface area contributed by atoms with Crippen molar-refractivity contribution in [1.29, 1.82) is 0 Å². The lowest BCUT2D eigenvalue weighted by Crippen LogP contribution is -2.44. The maximum Gasteiger partial charge on any atom is 0.573 e. The van der Waals surface area contributed by atoms with Gasteiger partial charge in [-0.15, -0.1) is 13.2 Å². The second kappa shape index (κ2) is 9.15. The maximum absolute atomic E-state index is 12.7. The molecular formula is C23H24F3N5O3S. The molecule has 1 fully saturated rings. The highest BCUT2D eigenvalue weighted by Crippen LogP contribution is 2.32. The number of hydrogen-bond donors (Lipinski definition) is 2. The number of H-pyrrole nitrogens is 1. The predicted molar refractivity (Wildman–Crippen MR) is 124 cm³/mol. The summed E-state index contributed by atoms with van der Waals surface area (Å²) >= 11 is 0. The van der Waals surface area contributed by atoms with E-state index in [9.17, 15) is 21.6 Å². The van der Waals surface area contributed by atoms with Crippen molar-refractivity contribution in [1.82, 2.24) is 19.7 Å². The van der Waals surface area contributed by atoms with Crippen LogP contribution in [0.3, 0.4) is 0 Å². The van der Waals surface area contributed by atoms with Crippen LogP contribution >= 0.6 is 0 Å². The van der Waals surface area contributed by atoms with E-state index in [-0.39, 0.29) is 10.9 Å². The van der Waals surface area contributed by atoms with Crippen LogP contribution < -0.4 is 14.4 Å². The predicted octanol–water partition coefficient (Wildman–Crippen LogP) is 4.37. The lowest BCUT2D eigenvalue weighted by molar-refractivity contribution is -0.274. The summed E-state index contributed by atoms with van der Waals surface area (Å²) in [7, 11) is -3.89. The second-order valence-corrected chi connectivity index (χ2v) is 10.4. The number of hydrogen-bond acceptors (Lipinski definition) is 6. The molecule has 5 rings (SSSR count). The van der Waals surface area contributed by atoms with Crippen molar-refractivity contribution in [2.75, 3.05) is 18.0 Å². The average molecular weight is 508 g/mol. The summed E-state index contributed by atoms with van der Waals surface area (Å²) in [6.45, 7) is 1.20. The van der Waals surface area contributed by atoms with Crippen molar-refractivity contribution in [3.05, 3.63) is 48.4 Å². The molecule has 0 atom stereocenters. The van der Waals surface area contributed by atoms with Gasteiger partial charge in [0.05, 0.1) is 10.3 Å². The van der Waals surface area contributed by atoms with E-state index in [1.54, 1.807) is 0 Å². The Kier molecular flexibility index (Phi) is 6.18. The molecule has 186 valence electrons. The van der Waals surface area contributed by atoms with Crippen molar-refractivity contribution in [2.24, 2.45) is 0 Å². The molecule has 1 aliphatic heterocycles. The zero-order valence-corrected chi connectivity index (χ0v) is 19.5. The molecule has 1 aromatic carbocycles. The quantitative estimate of drug-likeness (QED) is 0.514. The van der Waals surface area contributed by atoms with E-state index in [0.29, 0.717) is 25.9 Å². The van der Waals surface area contributed by atoms with E-state index in [1.807, 2.05) is 0 Å². The Morgan fingerprint density at radius 1 is 1.11 bits per heavy atom. The zero-order valence-electron chi connectivity index (χ0n) is 18.7. The van der Waals surface area contributed by atoms with E-state index in [4.69, 9.17) is 0 Å². The van der Waals surface area contributed by atoms with E-state index < -0.39 is 22.1 Å². The smallest absolute Gasteiger partial charge is 0.406 e. The molecule has 1 aliphatic carbocycles. The second-order valence-electron chi connectivity index (χ2n) is 8.67. The Morgan fingerprint density at radius 2 is 1.86 bits per heavy atom. The van der Waals surface area contributed by atoms with Gasteiger partial charge in [-0.25, -0.2) is 23.1 Å². The van der Waals surface area contributed by atoms with Gasteiger partial charge in [0.15, 0.2) is 0 Å². The number of nitrogens with one attached hydrogen (secondary N) is 2. The summed E-state index contributed by atoms with van der Waals surface area (Å²) in [6, 6.07) is 5.95. The summed E-state index contributed by atoms with van der Waals surface area (Å²) in [5.74, 6) is 0.343. The number of anilines is 1. The minimum absolute atomic E-state index is 0.118. The third-order valence-corrected chi connectivity index (χ3v) is 7.81. The number of alkyl halides is 3. The van der Waals surface area contributed by atoms with Gasteiger partial charge in [0, 0.05) is 24.8 Å². The summed E-state index contributed by atoms with van der Waals surface area (Å²) in [5, 5.41) is 0.940. The van der Waals surface area contributed by atoms with Crippen LogP contribution in [-0.2, 0) is 10.0 Å². The fourth-order valence-corrected chi connectivity index (χ4v) is 5.89. The van der Waals surface area contributed by atoms with Crippen LogP contribution in [0.1, 0.15) is 37.8 Å². The Balaban J connectivity index is 1.24. The number of ether oxygens (including phenoxy) is 1. The molecule has 3 heterocycles. The fraction of sp³-hybridized carbons (Fsp3) is 0.391. The fourth-order valence-electron chi connectivity index (χ4n) is 4.58. The van der Waals surface area contributed by atoms with Crippen LogP contribution in [0, 0.1) is 0 Å². The van der Waals surface area contributed by atoms with Crippen LogP contribution in [0.25, 0.3) is 16.6 Å². The molecular weight excluding hydrogens is 483 g/mol. The standard InChI is InChI=1S/C23H24F3N5O3S/c24-23(25,26)34-17-5-7-18(8-6-17)35(32,33)30-16-9-11-31(12-10-16)22-19-13-20(15-3-1-2-4-15)29-21(19)27-14-28-22/h3,5-8,13-14,16,30H,1-2,4,9-12H2,(H,27,28,29). The molecule has 12 heteroatoms. The monoisotopic (exact) mass is 507 g/mol. The van der Waals surface area contributed by atoms with Crippen molar-refractivity contribution >= 4 is 32.4 Å². The number of aromatic amines is 1. The number of aromatic nitrogens is 3. The topological polar surface area (TPSA) is 100 Å². The van der Waals surface area contributed by atoms with Crippen molar-refractivity contribution in [3.63, 3.8) is 0 Å². The third kappa shape index (κ3) is 5.27. The van der Waals surface area contributed by atoms with Gasteiger partial charge in [0.1, 0.15) is 23.5 Å². The number of rotatable bonds is 6. The van der Waals surface area contributed by atoms with Gasteiger partial charge < -0.3 is 14.6 Å². The summed E-state index contributed by atoms with van der Waals surface area (Å²) in [6.07, 6.45) is 3.33. The normalized spacial score (nSPS) is 17.7. The number of sulfonamides is 1. The first-order chi connectivity index (χ1) is 16.7. The van der Waals surface area contributed by atoms with Gasteiger partial charge in [0.2, 0.25) is 10.0 Å². The molecule has 0 spiro atoms. The summed E-state index contributed by atoms with van der Waals surface area (Å²) in [5.41, 5.74) is 3.13. The first-order valence-electron chi connectivity index (χ1n) is 11.3. The third-order valence-electron chi connectivity index (χ3n) is 6.28. The Morgan fingerprint density at radius 3 is 2.51 bits per heavy atom. The van der Waals surface area contributed by atoms with E-state index >= 15 is 0 Å². The molecule has 2 aliphatic rings. The molecule has 0 bridgehead atoms. The number of halogens is 3. The number of piperidine rings is 1.